The summed E-state index contributed by atoms with van der Waals surface area (Å²) in [7, 11) is 1.74. The Balaban J connectivity index is 2.69. The third-order valence-electron chi connectivity index (χ3n) is 2.84. The summed E-state index contributed by atoms with van der Waals surface area (Å²) in [4.78, 5) is 26.6. The van der Waals surface area contributed by atoms with Crippen LogP contribution in [-0.4, -0.2) is 42.0 Å². The first-order valence-electron chi connectivity index (χ1n) is 6.41. The van der Waals surface area contributed by atoms with Crippen LogP contribution in [0.4, 0.5) is 5.82 Å². The van der Waals surface area contributed by atoms with E-state index in [2.05, 4.69) is 12.1 Å². The van der Waals surface area contributed by atoms with Crippen molar-refractivity contribution in [2.75, 3.05) is 25.0 Å². The first-order chi connectivity index (χ1) is 8.95. The summed E-state index contributed by atoms with van der Waals surface area (Å²) in [5.74, 6) is 0.644. The molecule has 0 aliphatic carbocycles. The lowest BCUT2D eigenvalue weighted by atomic mass is 10.3. The number of hydrogen-bond acceptors (Lipinski definition) is 4. The second-order valence-corrected chi connectivity index (χ2v) is 4.57. The first-order valence-corrected chi connectivity index (χ1v) is 6.41. The second kappa shape index (κ2) is 6.92. The number of amides is 2. The average molecular weight is 267 g/mol. The Kier molecular flexibility index (Phi) is 5.54. The van der Waals surface area contributed by atoms with E-state index >= 15 is 0 Å². The van der Waals surface area contributed by atoms with E-state index in [0.717, 1.165) is 12.8 Å². The van der Waals surface area contributed by atoms with Crippen LogP contribution in [0.2, 0.25) is 0 Å². The van der Waals surface area contributed by atoms with E-state index in [-0.39, 0.29) is 18.4 Å². The Morgan fingerprint density at radius 1 is 1.42 bits per heavy atom. The van der Waals surface area contributed by atoms with Crippen LogP contribution in [0.25, 0.3) is 0 Å². The number of carbonyl (C=O) groups excluding carboxylic acids is 2. The molecule has 19 heavy (non-hydrogen) atoms. The van der Waals surface area contributed by atoms with Crippen molar-refractivity contribution in [2.24, 2.45) is 0 Å². The highest BCUT2D eigenvalue weighted by molar-refractivity contribution is 5.96. The van der Waals surface area contributed by atoms with E-state index in [1.54, 1.807) is 24.9 Å². The van der Waals surface area contributed by atoms with Gasteiger partial charge in [-0.25, -0.2) is 0 Å². The largest absolute Gasteiger partial charge is 0.360 e. The van der Waals surface area contributed by atoms with Crippen LogP contribution < -0.4 is 4.90 Å². The molecule has 0 bridgehead atoms. The van der Waals surface area contributed by atoms with Gasteiger partial charge < -0.3 is 9.42 Å². The number of aromatic nitrogens is 1. The third kappa shape index (κ3) is 4.39. The van der Waals surface area contributed by atoms with Gasteiger partial charge in [-0.15, -0.1) is 0 Å². The summed E-state index contributed by atoms with van der Waals surface area (Å²) in [5, 5.41) is 3.77. The molecule has 0 saturated carbocycles. The molecule has 0 spiro atoms. The topological polar surface area (TPSA) is 66.7 Å². The molecule has 1 aromatic rings. The Labute approximate surface area is 113 Å². The van der Waals surface area contributed by atoms with Crippen LogP contribution in [0.5, 0.6) is 0 Å². The maximum absolute atomic E-state index is 12.0. The predicted octanol–water partition coefficient (Wildman–Crippen LogP) is 1.59. The van der Waals surface area contributed by atoms with Crippen molar-refractivity contribution in [1.29, 1.82) is 0 Å². The Morgan fingerprint density at radius 3 is 2.58 bits per heavy atom. The standard InChI is InChI=1S/C13H21N3O3/c1-5-6-7-15(4)13(18)9-16(11(3)17)12-8-10(2)19-14-12/h8H,5-7,9H2,1-4H3. The van der Waals surface area contributed by atoms with Crippen LogP contribution in [0.15, 0.2) is 10.6 Å². The van der Waals surface area contributed by atoms with Crippen LogP contribution in [0.1, 0.15) is 32.4 Å². The monoisotopic (exact) mass is 267 g/mol. The summed E-state index contributed by atoms with van der Waals surface area (Å²) in [6.45, 7) is 5.89. The SMILES string of the molecule is CCCCN(C)C(=O)CN(C(C)=O)c1cc(C)on1. The van der Waals surface area contributed by atoms with Crippen molar-refractivity contribution >= 4 is 17.6 Å². The molecular weight excluding hydrogens is 246 g/mol. The quantitative estimate of drug-likeness (QED) is 0.785. The van der Waals surface area contributed by atoms with E-state index in [1.807, 2.05) is 0 Å². The fraction of sp³-hybridized carbons (Fsp3) is 0.615. The van der Waals surface area contributed by atoms with Crippen molar-refractivity contribution in [3.8, 4) is 0 Å². The summed E-state index contributed by atoms with van der Waals surface area (Å²) >= 11 is 0. The smallest absolute Gasteiger partial charge is 0.242 e. The molecule has 2 amide bonds. The molecule has 0 aromatic carbocycles. The van der Waals surface area contributed by atoms with Crippen molar-refractivity contribution in [3.05, 3.63) is 11.8 Å². The molecule has 1 heterocycles. The van der Waals surface area contributed by atoms with Gasteiger partial charge in [-0.3, -0.25) is 14.5 Å². The van der Waals surface area contributed by atoms with Crippen LogP contribution in [-0.2, 0) is 9.59 Å². The highest BCUT2D eigenvalue weighted by Crippen LogP contribution is 2.14. The normalized spacial score (nSPS) is 10.3. The third-order valence-corrected chi connectivity index (χ3v) is 2.84. The van der Waals surface area contributed by atoms with Gasteiger partial charge in [0.25, 0.3) is 0 Å². The number of aryl methyl sites for hydroxylation is 1. The first kappa shape index (κ1) is 15.2. The lowest BCUT2D eigenvalue weighted by Crippen LogP contribution is -2.41. The number of anilines is 1. The van der Waals surface area contributed by atoms with E-state index in [4.69, 9.17) is 4.52 Å². The molecule has 6 heteroatoms. The minimum Gasteiger partial charge on any atom is -0.360 e. The molecule has 0 N–H and O–H groups in total. The number of nitrogens with zero attached hydrogens (tertiary/aromatic N) is 3. The molecule has 0 unspecified atom stereocenters. The number of likely N-dealkylation sites (N-methyl/N-ethyl adjacent to an activating group) is 1. The van der Waals surface area contributed by atoms with Crippen LogP contribution >= 0.6 is 0 Å². The average Bonchev–Trinajstić information content (AvgIpc) is 2.78. The van der Waals surface area contributed by atoms with E-state index in [9.17, 15) is 9.59 Å². The summed E-state index contributed by atoms with van der Waals surface area (Å²) in [5.41, 5.74) is 0. The second-order valence-electron chi connectivity index (χ2n) is 4.57. The van der Waals surface area contributed by atoms with Gasteiger partial charge in [-0.2, -0.15) is 0 Å². The number of unbranched alkanes of at least 4 members (excludes halogenated alkanes) is 1. The molecule has 106 valence electrons. The summed E-state index contributed by atoms with van der Waals surface area (Å²) in [6.07, 6.45) is 1.97. The number of hydrogen-bond donors (Lipinski definition) is 0. The lowest BCUT2D eigenvalue weighted by molar-refractivity contribution is -0.130. The fourth-order valence-electron chi connectivity index (χ4n) is 1.61. The zero-order chi connectivity index (χ0) is 14.4. The Morgan fingerprint density at radius 2 is 2.11 bits per heavy atom. The van der Waals surface area contributed by atoms with Gasteiger partial charge in [0.15, 0.2) is 5.82 Å². The molecule has 0 saturated heterocycles. The van der Waals surface area contributed by atoms with Gasteiger partial charge in [0.05, 0.1) is 0 Å². The number of carbonyl (C=O) groups is 2. The summed E-state index contributed by atoms with van der Waals surface area (Å²) in [6, 6.07) is 1.64. The molecule has 1 rings (SSSR count). The molecule has 0 aliphatic heterocycles. The molecule has 0 aliphatic rings. The predicted molar refractivity (Wildman–Crippen MR) is 71.8 cm³/mol. The Hall–Kier alpha value is -1.85. The molecule has 1 aromatic heterocycles. The minimum absolute atomic E-state index is 0.0124. The zero-order valence-electron chi connectivity index (χ0n) is 12.0. The van der Waals surface area contributed by atoms with Crippen molar-refractivity contribution in [1.82, 2.24) is 10.1 Å². The van der Waals surface area contributed by atoms with Crippen LogP contribution in [0.3, 0.4) is 0 Å². The van der Waals surface area contributed by atoms with Gasteiger partial charge in [0.1, 0.15) is 12.3 Å². The Bertz CT molecular complexity index is 442. The fourth-order valence-corrected chi connectivity index (χ4v) is 1.61. The maximum Gasteiger partial charge on any atom is 0.242 e. The van der Waals surface area contributed by atoms with Gasteiger partial charge in [-0.1, -0.05) is 18.5 Å². The van der Waals surface area contributed by atoms with Gasteiger partial charge in [0, 0.05) is 26.6 Å². The van der Waals surface area contributed by atoms with Gasteiger partial charge in [0.2, 0.25) is 11.8 Å². The lowest BCUT2D eigenvalue weighted by Gasteiger charge is -2.22. The molecule has 0 atom stereocenters. The van der Waals surface area contributed by atoms with Crippen molar-refractivity contribution in [3.63, 3.8) is 0 Å². The molecule has 6 nitrogen and oxygen atoms in total. The minimum atomic E-state index is -0.231. The summed E-state index contributed by atoms with van der Waals surface area (Å²) < 4.78 is 4.93. The van der Waals surface area contributed by atoms with Gasteiger partial charge in [-0.05, 0) is 13.3 Å². The maximum atomic E-state index is 12.0. The van der Waals surface area contributed by atoms with Crippen LogP contribution in [0, 0.1) is 6.92 Å². The van der Waals surface area contributed by atoms with Crippen molar-refractivity contribution in [2.45, 2.75) is 33.6 Å². The molecule has 0 fully saturated rings. The number of rotatable bonds is 6. The van der Waals surface area contributed by atoms with E-state index in [1.165, 1.54) is 11.8 Å². The van der Waals surface area contributed by atoms with Gasteiger partial charge >= 0.3 is 0 Å². The zero-order valence-corrected chi connectivity index (χ0v) is 12.0. The highest BCUT2D eigenvalue weighted by atomic mass is 16.5. The highest BCUT2D eigenvalue weighted by Gasteiger charge is 2.20. The van der Waals surface area contributed by atoms with Crippen molar-refractivity contribution < 1.29 is 14.1 Å². The van der Waals surface area contributed by atoms with E-state index < -0.39 is 0 Å². The molecule has 0 radical (unpaired) electrons. The van der Waals surface area contributed by atoms with E-state index in [0.29, 0.717) is 18.1 Å². The molecular formula is C13H21N3O3.